The molecule has 3 rings (SSSR count). The van der Waals surface area contributed by atoms with Gasteiger partial charge in [-0.3, -0.25) is 4.79 Å². The standard InChI is InChI=1S/C23H28N2O2S/c26-22(17-19-11-4-5-12-19)25-23(28)24-20-14-6-7-15-21(20)27-16-8-13-18-9-2-1-3-10-18/h1-3,6-7,9-10,14-15,19H,4-5,8,11-13,16-17H2,(H2,24,25,26,28). The maximum atomic E-state index is 12.2. The maximum Gasteiger partial charge on any atom is 0.226 e. The zero-order chi connectivity index (χ0) is 19.6. The highest BCUT2D eigenvalue weighted by Gasteiger charge is 2.19. The molecule has 2 aromatic rings. The molecule has 1 aliphatic rings. The Kier molecular flexibility index (Phi) is 7.85. The quantitative estimate of drug-likeness (QED) is 0.482. The third kappa shape index (κ3) is 6.64. The van der Waals surface area contributed by atoms with Gasteiger partial charge in [-0.25, -0.2) is 0 Å². The first-order valence-corrected chi connectivity index (χ1v) is 10.5. The van der Waals surface area contributed by atoms with E-state index >= 15 is 0 Å². The summed E-state index contributed by atoms with van der Waals surface area (Å²) < 4.78 is 5.94. The normalized spacial score (nSPS) is 13.9. The lowest BCUT2D eigenvalue weighted by molar-refractivity contribution is -0.120. The molecule has 0 spiro atoms. The number of amides is 1. The number of hydrogen-bond donors (Lipinski definition) is 2. The van der Waals surface area contributed by atoms with E-state index in [2.05, 4.69) is 34.9 Å². The minimum atomic E-state index is -0.00865. The lowest BCUT2D eigenvalue weighted by Gasteiger charge is -2.15. The Bertz CT molecular complexity index is 773. The Morgan fingerprint density at radius 1 is 1.04 bits per heavy atom. The number of carbonyl (C=O) groups excluding carboxylic acids is 1. The van der Waals surface area contributed by atoms with E-state index in [1.165, 1.54) is 18.4 Å². The van der Waals surface area contributed by atoms with Crippen molar-refractivity contribution in [1.82, 2.24) is 5.32 Å². The fraction of sp³-hybridized carbons (Fsp3) is 0.391. The number of hydrogen-bond acceptors (Lipinski definition) is 3. The van der Waals surface area contributed by atoms with Crippen LogP contribution < -0.4 is 15.4 Å². The van der Waals surface area contributed by atoms with Crippen molar-refractivity contribution in [3.05, 3.63) is 60.2 Å². The van der Waals surface area contributed by atoms with Crippen molar-refractivity contribution >= 4 is 28.9 Å². The van der Waals surface area contributed by atoms with Crippen LogP contribution in [0.15, 0.2) is 54.6 Å². The Balaban J connectivity index is 1.44. The van der Waals surface area contributed by atoms with Gasteiger partial charge in [-0.15, -0.1) is 0 Å². The van der Waals surface area contributed by atoms with Gasteiger partial charge in [0.05, 0.1) is 12.3 Å². The van der Waals surface area contributed by atoms with Crippen LogP contribution in [0.2, 0.25) is 0 Å². The predicted octanol–water partition coefficient (Wildman–Crippen LogP) is 5.09. The first kappa shape index (κ1) is 20.3. The Morgan fingerprint density at radius 3 is 2.54 bits per heavy atom. The van der Waals surface area contributed by atoms with Gasteiger partial charge in [0.2, 0.25) is 5.91 Å². The summed E-state index contributed by atoms with van der Waals surface area (Å²) >= 11 is 5.31. The molecule has 1 amide bonds. The molecule has 5 heteroatoms. The molecule has 0 bridgehead atoms. The number of rotatable bonds is 8. The summed E-state index contributed by atoms with van der Waals surface area (Å²) in [5, 5.41) is 6.22. The summed E-state index contributed by atoms with van der Waals surface area (Å²) in [6.45, 7) is 0.619. The van der Waals surface area contributed by atoms with Crippen LogP contribution >= 0.6 is 12.2 Å². The minimum Gasteiger partial charge on any atom is -0.491 e. The number of benzene rings is 2. The van der Waals surface area contributed by atoms with E-state index in [1.807, 2.05) is 30.3 Å². The number of anilines is 1. The summed E-state index contributed by atoms with van der Waals surface area (Å²) in [5.41, 5.74) is 2.08. The van der Waals surface area contributed by atoms with Crippen molar-refractivity contribution in [2.24, 2.45) is 5.92 Å². The molecule has 148 valence electrons. The molecule has 0 heterocycles. The van der Waals surface area contributed by atoms with Crippen LogP contribution in [0.1, 0.15) is 44.1 Å². The average Bonchev–Trinajstić information content (AvgIpc) is 3.20. The van der Waals surface area contributed by atoms with E-state index in [1.54, 1.807) is 0 Å². The van der Waals surface area contributed by atoms with Crippen LogP contribution in [0, 0.1) is 5.92 Å². The molecular formula is C23H28N2O2S. The first-order chi connectivity index (χ1) is 13.7. The molecule has 2 N–H and O–H groups in total. The van der Waals surface area contributed by atoms with Crippen LogP contribution in [0.5, 0.6) is 5.75 Å². The van der Waals surface area contributed by atoms with Gasteiger partial charge in [-0.1, -0.05) is 55.3 Å². The smallest absolute Gasteiger partial charge is 0.226 e. The molecule has 0 saturated heterocycles. The number of para-hydroxylation sites is 2. The lowest BCUT2D eigenvalue weighted by atomic mass is 10.0. The molecule has 0 unspecified atom stereocenters. The van der Waals surface area contributed by atoms with Crippen LogP contribution in [-0.4, -0.2) is 17.6 Å². The maximum absolute atomic E-state index is 12.2. The molecule has 28 heavy (non-hydrogen) atoms. The van der Waals surface area contributed by atoms with Crippen LogP contribution in [0.25, 0.3) is 0 Å². The van der Waals surface area contributed by atoms with Crippen LogP contribution in [0.3, 0.4) is 0 Å². The van der Waals surface area contributed by atoms with Gasteiger partial charge in [0.1, 0.15) is 5.75 Å². The second-order valence-electron chi connectivity index (χ2n) is 7.29. The fourth-order valence-electron chi connectivity index (χ4n) is 3.61. The Morgan fingerprint density at radius 2 is 1.75 bits per heavy atom. The number of ether oxygens (including phenoxy) is 1. The molecule has 1 saturated carbocycles. The van der Waals surface area contributed by atoms with Crippen LogP contribution in [-0.2, 0) is 11.2 Å². The van der Waals surface area contributed by atoms with Gasteiger partial charge >= 0.3 is 0 Å². The fourth-order valence-corrected chi connectivity index (χ4v) is 3.83. The first-order valence-electron chi connectivity index (χ1n) is 10.1. The second-order valence-corrected chi connectivity index (χ2v) is 7.70. The van der Waals surface area contributed by atoms with Crippen molar-refractivity contribution in [3.8, 4) is 5.75 Å². The molecule has 0 aliphatic heterocycles. The van der Waals surface area contributed by atoms with Crippen molar-refractivity contribution in [3.63, 3.8) is 0 Å². The van der Waals surface area contributed by atoms with E-state index in [-0.39, 0.29) is 5.91 Å². The third-order valence-corrected chi connectivity index (χ3v) is 5.25. The van der Waals surface area contributed by atoms with E-state index in [9.17, 15) is 4.79 Å². The molecule has 0 aromatic heterocycles. The van der Waals surface area contributed by atoms with Gasteiger partial charge < -0.3 is 15.4 Å². The van der Waals surface area contributed by atoms with Crippen molar-refractivity contribution < 1.29 is 9.53 Å². The van der Waals surface area contributed by atoms with Crippen molar-refractivity contribution in [2.75, 3.05) is 11.9 Å². The van der Waals surface area contributed by atoms with E-state index in [0.29, 0.717) is 24.1 Å². The van der Waals surface area contributed by atoms with E-state index in [4.69, 9.17) is 17.0 Å². The monoisotopic (exact) mass is 396 g/mol. The molecule has 1 fully saturated rings. The highest BCUT2D eigenvalue weighted by Crippen LogP contribution is 2.27. The predicted molar refractivity (Wildman–Crippen MR) is 118 cm³/mol. The zero-order valence-electron chi connectivity index (χ0n) is 16.2. The lowest BCUT2D eigenvalue weighted by Crippen LogP contribution is -2.35. The molecule has 1 aliphatic carbocycles. The highest BCUT2D eigenvalue weighted by molar-refractivity contribution is 7.80. The molecule has 0 radical (unpaired) electrons. The largest absolute Gasteiger partial charge is 0.491 e. The topological polar surface area (TPSA) is 50.4 Å². The summed E-state index contributed by atoms with van der Waals surface area (Å²) in [6.07, 6.45) is 7.22. The minimum absolute atomic E-state index is 0.00865. The zero-order valence-corrected chi connectivity index (χ0v) is 17.0. The average molecular weight is 397 g/mol. The van der Waals surface area contributed by atoms with Gasteiger partial charge in [0.15, 0.2) is 5.11 Å². The van der Waals surface area contributed by atoms with E-state index < -0.39 is 0 Å². The van der Waals surface area contributed by atoms with Gasteiger partial charge in [0.25, 0.3) is 0 Å². The van der Waals surface area contributed by atoms with Gasteiger partial charge in [-0.2, -0.15) is 0 Å². The number of nitrogens with one attached hydrogen (secondary N) is 2. The Hall–Kier alpha value is -2.40. The number of thiocarbonyl (C=S) groups is 1. The van der Waals surface area contributed by atoms with Crippen molar-refractivity contribution in [2.45, 2.75) is 44.9 Å². The summed E-state index contributed by atoms with van der Waals surface area (Å²) in [7, 11) is 0. The SMILES string of the molecule is O=C(CC1CCCC1)NC(=S)Nc1ccccc1OCCCc1ccccc1. The molecular weight excluding hydrogens is 368 g/mol. The summed E-state index contributed by atoms with van der Waals surface area (Å²) in [6, 6.07) is 18.0. The molecule has 0 atom stereocenters. The van der Waals surface area contributed by atoms with Gasteiger partial charge in [0, 0.05) is 6.42 Å². The van der Waals surface area contributed by atoms with Crippen LogP contribution in [0.4, 0.5) is 5.69 Å². The molecule has 4 nitrogen and oxygen atoms in total. The third-order valence-electron chi connectivity index (χ3n) is 5.05. The number of carbonyl (C=O) groups is 1. The molecule has 2 aromatic carbocycles. The van der Waals surface area contributed by atoms with Gasteiger partial charge in [-0.05, 0) is 61.5 Å². The highest BCUT2D eigenvalue weighted by atomic mass is 32.1. The summed E-state index contributed by atoms with van der Waals surface area (Å²) in [4.78, 5) is 12.2. The number of aryl methyl sites for hydroxylation is 1. The summed E-state index contributed by atoms with van der Waals surface area (Å²) in [5.74, 6) is 1.23. The second kappa shape index (κ2) is 10.8. The van der Waals surface area contributed by atoms with Crippen molar-refractivity contribution in [1.29, 1.82) is 0 Å². The van der Waals surface area contributed by atoms with E-state index in [0.717, 1.165) is 37.1 Å². The Labute approximate surface area is 172 Å².